The van der Waals surface area contributed by atoms with Gasteiger partial charge in [0.1, 0.15) is 5.75 Å². The number of nitrogens with zero attached hydrogens (tertiary/aromatic N) is 1. The Morgan fingerprint density at radius 3 is 3.17 bits per heavy atom. The molecule has 0 radical (unpaired) electrons. The van der Waals surface area contributed by atoms with Gasteiger partial charge in [-0.15, -0.1) is 0 Å². The summed E-state index contributed by atoms with van der Waals surface area (Å²) in [7, 11) is 0. The van der Waals surface area contributed by atoms with Crippen LogP contribution in [0.15, 0.2) is 9.44 Å². The Morgan fingerprint density at radius 1 is 1.67 bits per heavy atom. The fourth-order valence-corrected chi connectivity index (χ4v) is 2.53. The number of aryl methyl sites for hydroxylation is 2. The minimum atomic E-state index is -0.901. The van der Waals surface area contributed by atoms with Crippen LogP contribution < -0.4 is 0 Å². The van der Waals surface area contributed by atoms with Crippen LogP contribution in [-0.2, 0) is 24.0 Å². The lowest BCUT2D eigenvalue weighted by atomic mass is 10.3. The number of rotatable bonds is 1. The molecule has 0 spiro atoms. The quantitative estimate of drug-likeness (QED) is 0.619. The van der Waals surface area contributed by atoms with Crippen LogP contribution in [-0.4, -0.2) is 15.3 Å². The summed E-state index contributed by atoms with van der Waals surface area (Å²) in [6, 6.07) is 0. The van der Waals surface area contributed by atoms with Crippen LogP contribution in [0, 0.1) is 0 Å². The average molecular weight is 185 g/mol. The van der Waals surface area contributed by atoms with Gasteiger partial charge in [-0.1, -0.05) is 6.92 Å². The first-order valence-electron chi connectivity index (χ1n) is 4.18. The summed E-state index contributed by atoms with van der Waals surface area (Å²) in [5.41, 5.74) is 0. The summed E-state index contributed by atoms with van der Waals surface area (Å²) in [5.74, 6) is 2.30. The van der Waals surface area contributed by atoms with Crippen molar-refractivity contribution in [3.8, 4) is 0 Å². The van der Waals surface area contributed by atoms with Gasteiger partial charge in [-0.3, -0.25) is 0 Å². The maximum atomic E-state index is 11.4. The molecule has 3 nitrogen and oxygen atoms in total. The van der Waals surface area contributed by atoms with Crippen LogP contribution in [0.4, 0.5) is 0 Å². The van der Waals surface area contributed by atoms with Gasteiger partial charge in [-0.2, -0.15) is 4.98 Å². The molecular formula is C8H11NO2S. The Labute approximate surface area is 74.4 Å². The minimum absolute atomic E-state index is 0.693. The lowest BCUT2D eigenvalue weighted by Gasteiger charge is -2.11. The van der Waals surface area contributed by atoms with Gasteiger partial charge < -0.3 is 8.97 Å². The smallest absolute Gasteiger partial charge is 0.286 e. The molecule has 1 unspecified atom stereocenters. The van der Waals surface area contributed by atoms with E-state index in [1.165, 1.54) is 0 Å². The van der Waals surface area contributed by atoms with Crippen LogP contribution in [0.1, 0.15) is 25.0 Å². The van der Waals surface area contributed by atoms with Crippen LogP contribution in [0.2, 0.25) is 0 Å². The molecule has 0 amide bonds. The number of hydrogen-bond donors (Lipinski definition) is 0. The van der Waals surface area contributed by atoms with Crippen LogP contribution in [0.5, 0.6) is 0 Å². The van der Waals surface area contributed by atoms with E-state index in [1.54, 1.807) is 0 Å². The first-order valence-corrected chi connectivity index (χ1v) is 5.50. The predicted octanol–water partition coefficient (Wildman–Crippen LogP) is 1.29. The third kappa shape index (κ3) is 1.25. The van der Waals surface area contributed by atoms with Crippen molar-refractivity contribution in [2.24, 2.45) is 0 Å². The van der Waals surface area contributed by atoms with E-state index in [1.807, 2.05) is 6.92 Å². The molecule has 4 heteroatoms. The summed E-state index contributed by atoms with van der Waals surface area (Å²) in [6.45, 7) is 1.99. The lowest BCUT2D eigenvalue weighted by molar-refractivity contribution is 0.449. The molecule has 12 heavy (non-hydrogen) atoms. The van der Waals surface area contributed by atoms with Crippen molar-refractivity contribution in [2.45, 2.75) is 31.2 Å². The first kappa shape index (κ1) is 8.13. The second-order valence-corrected chi connectivity index (χ2v) is 4.33. The number of oxazole rings is 1. The molecule has 0 N–H and O–H groups in total. The van der Waals surface area contributed by atoms with Crippen molar-refractivity contribution in [3.05, 3.63) is 11.7 Å². The van der Waals surface area contributed by atoms with Crippen molar-refractivity contribution in [3.63, 3.8) is 0 Å². The zero-order valence-electron chi connectivity index (χ0n) is 7.00. The molecule has 0 aromatic carbocycles. The number of hydrogen-bond acceptors (Lipinski definition) is 3. The van der Waals surface area contributed by atoms with Crippen LogP contribution >= 0.6 is 0 Å². The lowest BCUT2D eigenvalue weighted by Crippen LogP contribution is -2.15. The molecule has 2 heterocycles. The Bertz CT molecular complexity index is 285. The molecule has 1 aliphatic heterocycles. The van der Waals surface area contributed by atoms with Crippen molar-refractivity contribution in [1.82, 2.24) is 4.98 Å². The van der Waals surface area contributed by atoms with Gasteiger partial charge in [0.15, 0.2) is 11.7 Å². The Kier molecular flexibility index (Phi) is 2.11. The minimum Gasteiger partial charge on any atom is -0.610 e. The maximum Gasteiger partial charge on any atom is 0.286 e. The molecule has 1 aromatic heterocycles. The second-order valence-electron chi connectivity index (χ2n) is 2.84. The normalized spacial score (nSPS) is 22.3. The van der Waals surface area contributed by atoms with Crippen molar-refractivity contribution >= 4 is 11.2 Å². The Hall–Kier alpha value is -0.480. The molecule has 1 aromatic rings. The number of fused-ring (bicyclic) bond motifs is 1. The van der Waals surface area contributed by atoms with E-state index in [0.717, 1.165) is 36.7 Å². The monoisotopic (exact) mass is 185 g/mol. The maximum absolute atomic E-state index is 11.4. The van der Waals surface area contributed by atoms with Gasteiger partial charge >= 0.3 is 0 Å². The van der Waals surface area contributed by atoms with Crippen LogP contribution in [0.25, 0.3) is 0 Å². The second kappa shape index (κ2) is 3.11. The first-order chi connectivity index (χ1) is 5.81. The van der Waals surface area contributed by atoms with Crippen LogP contribution in [0.3, 0.4) is 0 Å². The van der Waals surface area contributed by atoms with E-state index in [4.69, 9.17) is 4.42 Å². The summed E-state index contributed by atoms with van der Waals surface area (Å²) < 4.78 is 16.8. The molecule has 0 aliphatic carbocycles. The molecule has 0 saturated carbocycles. The number of aromatic nitrogens is 1. The fourth-order valence-electron chi connectivity index (χ4n) is 1.33. The summed E-state index contributed by atoms with van der Waals surface area (Å²) in [4.78, 5) is 4.18. The van der Waals surface area contributed by atoms with Gasteiger partial charge in [0.05, 0.1) is 0 Å². The van der Waals surface area contributed by atoms with E-state index in [0.29, 0.717) is 5.03 Å². The molecule has 2 rings (SSSR count). The van der Waals surface area contributed by atoms with Gasteiger partial charge in [0.25, 0.3) is 5.03 Å². The van der Waals surface area contributed by atoms with Gasteiger partial charge in [0.2, 0.25) is 0 Å². The SMILES string of the molecule is CCc1nc2c(o1)CCC[S+]2[O-]. The molecule has 0 saturated heterocycles. The van der Waals surface area contributed by atoms with E-state index in [9.17, 15) is 4.55 Å². The standard InChI is InChI=1S/C8H11NO2S/c1-2-7-9-8-6(11-7)4-3-5-12(8)10/h2-5H2,1H3. The van der Waals surface area contributed by atoms with Crippen molar-refractivity contribution < 1.29 is 8.97 Å². The van der Waals surface area contributed by atoms with Gasteiger partial charge in [0, 0.05) is 24.0 Å². The van der Waals surface area contributed by atoms with E-state index in [2.05, 4.69) is 4.98 Å². The van der Waals surface area contributed by atoms with Crippen molar-refractivity contribution in [1.29, 1.82) is 0 Å². The molecule has 1 atom stereocenters. The fraction of sp³-hybridized carbons (Fsp3) is 0.625. The highest BCUT2D eigenvalue weighted by molar-refractivity contribution is 7.91. The summed E-state index contributed by atoms with van der Waals surface area (Å²) in [5, 5.41) is 0.693. The molecule has 0 fully saturated rings. The highest BCUT2D eigenvalue weighted by Crippen LogP contribution is 2.25. The zero-order valence-corrected chi connectivity index (χ0v) is 7.82. The zero-order chi connectivity index (χ0) is 8.55. The van der Waals surface area contributed by atoms with Gasteiger partial charge in [-0.25, -0.2) is 0 Å². The highest BCUT2D eigenvalue weighted by atomic mass is 32.2. The molecular weight excluding hydrogens is 174 g/mol. The van der Waals surface area contributed by atoms with E-state index in [-0.39, 0.29) is 0 Å². The third-order valence-electron chi connectivity index (χ3n) is 1.96. The summed E-state index contributed by atoms with van der Waals surface area (Å²) >= 11 is -0.901. The van der Waals surface area contributed by atoms with E-state index >= 15 is 0 Å². The highest BCUT2D eigenvalue weighted by Gasteiger charge is 2.27. The van der Waals surface area contributed by atoms with Gasteiger partial charge in [-0.05, 0) is 6.42 Å². The molecule has 66 valence electrons. The topological polar surface area (TPSA) is 49.1 Å². The Balaban J connectivity index is 2.37. The summed E-state index contributed by atoms with van der Waals surface area (Å²) in [6.07, 6.45) is 2.64. The predicted molar refractivity (Wildman–Crippen MR) is 45.5 cm³/mol. The Morgan fingerprint density at radius 2 is 2.50 bits per heavy atom. The van der Waals surface area contributed by atoms with E-state index < -0.39 is 11.2 Å². The third-order valence-corrected chi connectivity index (χ3v) is 3.37. The molecule has 0 bridgehead atoms. The van der Waals surface area contributed by atoms with Crippen molar-refractivity contribution in [2.75, 3.05) is 5.75 Å². The average Bonchev–Trinajstić information content (AvgIpc) is 2.49. The molecule has 1 aliphatic rings. The largest absolute Gasteiger partial charge is 0.610 e.